The van der Waals surface area contributed by atoms with Gasteiger partial charge in [-0.15, -0.1) is 0 Å². The minimum atomic E-state index is 0.910. The van der Waals surface area contributed by atoms with Gasteiger partial charge in [0.15, 0.2) is 0 Å². The summed E-state index contributed by atoms with van der Waals surface area (Å²) in [6.45, 7) is 0. The molecule has 0 unspecified atom stereocenters. The van der Waals surface area contributed by atoms with Crippen molar-refractivity contribution in [2.45, 2.75) is 0 Å². The Morgan fingerprint density at radius 2 is 1.00 bits per heavy atom. The lowest BCUT2D eigenvalue weighted by molar-refractivity contribution is 1.37. The van der Waals surface area contributed by atoms with Crippen LogP contribution in [0.1, 0.15) is 0 Å². The summed E-state index contributed by atoms with van der Waals surface area (Å²) in [5, 5.41) is 5.82. The lowest BCUT2D eigenvalue weighted by Gasteiger charge is -2.11. The van der Waals surface area contributed by atoms with Crippen molar-refractivity contribution < 1.29 is 0 Å². The maximum atomic E-state index is 5.31. The van der Waals surface area contributed by atoms with E-state index >= 15 is 0 Å². The Balaban J connectivity index is 1.11. The van der Waals surface area contributed by atoms with Gasteiger partial charge in [0.25, 0.3) is 0 Å². The van der Waals surface area contributed by atoms with Crippen molar-refractivity contribution in [1.29, 1.82) is 0 Å². The van der Waals surface area contributed by atoms with Crippen LogP contribution in [0.4, 0.5) is 0 Å². The lowest BCUT2D eigenvalue weighted by atomic mass is 9.96. The molecule has 3 aromatic heterocycles. The Bertz CT molecular complexity index is 2680. The van der Waals surface area contributed by atoms with Crippen LogP contribution in [0.25, 0.3) is 99.4 Å². The minimum absolute atomic E-state index is 0.910. The number of nitrogens with zero attached hydrogens (tertiary/aromatic N) is 3. The highest BCUT2D eigenvalue weighted by Crippen LogP contribution is 2.49. The molecule has 46 heavy (non-hydrogen) atoms. The van der Waals surface area contributed by atoms with Crippen LogP contribution >= 0.6 is 0 Å². The highest BCUT2D eigenvalue weighted by atomic mass is 14.8. The van der Waals surface area contributed by atoms with Gasteiger partial charge in [0.05, 0.1) is 27.9 Å². The second-order valence-electron chi connectivity index (χ2n) is 12.0. The SMILES string of the molecule is c1cc(-c2cnc3ccccc3c2)cc(-c2ccc3ccc4ccc(-c5ccc6c7c(cccc57)-c5ccccc5-6)nc4c3n2)c1. The molecule has 10 rings (SSSR count). The zero-order chi connectivity index (χ0) is 30.2. The summed E-state index contributed by atoms with van der Waals surface area (Å²) < 4.78 is 0. The first-order valence-electron chi connectivity index (χ1n) is 15.6. The Labute approximate surface area is 265 Å². The summed E-state index contributed by atoms with van der Waals surface area (Å²) in [7, 11) is 0. The molecule has 0 atom stereocenters. The third-order valence-corrected chi connectivity index (χ3v) is 9.43. The third-order valence-electron chi connectivity index (χ3n) is 9.43. The van der Waals surface area contributed by atoms with E-state index in [0.29, 0.717) is 0 Å². The minimum Gasteiger partial charge on any atom is -0.256 e. The zero-order valence-corrected chi connectivity index (χ0v) is 24.8. The van der Waals surface area contributed by atoms with Crippen molar-refractivity contribution in [3.05, 3.63) is 152 Å². The van der Waals surface area contributed by atoms with Gasteiger partial charge in [-0.3, -0.25) is 4.98 Å². The van der Waals surface area contributed by atoms with Gasteiger partial charge < -0.3 is 0 Å². The molecule has 0 bridgehead atoms. The second-order valence-corrected chi connectivity index (χ2v) is 12.0. The van der Waals surface area contributed by atoms with E-state index in [0.717, 1.165) is 66.4 Å². The van der Waals surface area contributed by atoms with Crippen LogP contribution < -0.4 is 0 Å². The molecule has 3 nitrogen and oxygen atoms in total. The number of fused-ring (bicyclic) bond motifs is 7. The van der Waals surface area contributed by atoms with Crippen LogP contribution in [0.15, 0.2) is 152 Å². The van der Waals surface area contributed by atoms with E-state index in [1.807, 2.05) is 18.3 Å². The summed E-state index contributed by atoms with van der Waals surface area (Å²) in [5.74, 6) is 0. The van der Waals surface area contributed by atoms with E-state index in [-0.39, 0.29) is 0 Å². The molecular formula is C43H25N3. The molecule has 9 aromatic rings. The van der Waals surface area contributed by atoms with Crippen molar-refractivity contribution in [1.82, 2.24) is 15.0 Å². The van der Waals surface area contributed by atoms with Gasteiger partial charge in [0.1, 0.15) is 0 Å². The Hall–Kier alpha value is -6.19. The van der Waals surface area contributed by atoms with E-state index in [1.54, 1.807) is 0 Å². The third kappa shape index (κ3) is 3.75. The molecule has 0 saturated carbocycles. The summed E-state index contributed by atoms with van der Waals surface area (Å²) in [4.78, 5) is 15.2. The van der Waals surface area contributed by atoms with Crippen LogP contribution in [0.5, 0.6) is 0 Å². The molecule has 1 aliphatic carbocycles. The maximum Gasteiger partial charge on any atom is 0.0972 e. The molecule has 1 aliphatic rings. The fourth-order valence-electron chi connectivity index (χ4n) is 7.20. The molecular weight excluding hydrogens is 558 g/mol. The fraction of sp³-hybridized carbons (Fsp3) is 0. The molecule has 0 N–H and O–H groups in total. The topological polar surface area (TPSA) is 38.7 Å². The van der Waals surface area contributed by atoms with E-state index in [2.05, 4.69) is 138 Å². The van der Waals surface area contributed by atoms with Crippen LogP contribution in [0.3, 0.4) is 0 Å². The van der Waals surface area contributed by atoms with E-state index in [4.69, 9.17) is 9.97 Å². The van der Waals surface area contributed by atoms with Crippen molar-refractivity contribution in [2.75, 3.05) is 0 Å². The molecule has 212 valence electrons. The van der Waals surface area contributed by atoms with Crippen molar-refractivity contribution in [3.8, 4) is 55.9 Å². The first-order chi connectivity index (χ1) is 22.8. The molecule has 0 amide bonds. The molecule has 0 radical (unpaired) electrons. The molecule has 3 heteroatoms. The number of pyridine rings is 3. The summed E-state index contributed by atoms with van der Waals surface area (Å²) in [6, 6.07) is 51.7. The Morgan fingerprint density at radius 3 is 1.85 bits per heavy atom. The van der Waals surface area contributed by atoms with Gasteiger partial charge in [-0.05, 0) is 68.9 Å². The summed E-state index contributed by atoms with van der Waals surface area (Å²) in [6.07, 6.45) is 1.95. The predicted octanol–water partition coefficient (Wildman–Crippen LogP) is 11.1. The van der Waals surface area contributed by atoms with Crippen LogP contribution in [0, 0.1) is 0 Å². The first-order valence-corrected chi connectivity index (χ1v) is 15.6. The number of hydrogen-bond donors (Lipinski definition) is 0. The second kappa shape index (κ2) is 9.65. The van der Waals surface area contributed by atoms with E-state index < -0.39 is 0 Å². The molecule has 0 aliphatic heterocycles. The average molecular weight is 584 g/mol. The maximum absolute atomic E-state index is 5.31. The molecule has 0 saturated heterocycles. The zero-order valence-electron chi connectivity index (χ0n) is 24.8. The quantitative estimate of drug-likeness (QED) is 0.194. The number of aromatic nitrogens is 3. The van der Waals surface area contributed by atoms with Crippen molar-refractivity contribution in [2.24, 2.45) is 0 Å². The monoisotopic (exact) mass is 583 g/mol. The molecule has 0 spiro atoms. The first kappa shape index (κ1) is 25.2. The van der Waals surface area contributed by atoms with Gasteiger partial charge in [-0.25, -0.2) is 9.97 Å². The summed E-state index contributed by atoms with van der Waals surface area (Å²) >= 11 is 0. The van der Waals surface area contributed by atoms with Crippen LogP contribution in [-0.4, -0.2) is 15.0 Å². The fourth-order valence-corrected chi connectivity index (χ4v) is 7.20. The van der Waals surface area contributed by atoms with Gasteiger partial charge in [0.2, 0.25) is 0 Å². The predicted molar refractivity (Wildman–Crippen MR) is 191 cm³/mol. The van der Waals surface area contributed by atoms with Gasteiger partial charge in [-0.1, -0.05) is 115 Å². The largest absolute Gasteiger partial charge is 0.256 e. The summed E-state index contributed by atoms with van der Waals surface area (Å²) in [5.41, 5.74) is 14.3. The number of benzene rings is 6. The molecule has 3 heterocycles. The Kier molecular flexibility index (Phi) is 5.28. The highest BCUT2D eigenvalue weighted by molar-refractivity contribution is 6.18. The van der Waals surface area contributed by atoms with Gasteiger partial charge >= 0.3 is 0 Å². The molecule has 6 aromatic carbocycles. The molecule has 0 fully saturated rings. The van der Waals surface area contributed by atoms with Crippen LogP contribution in [-0.2, 0) is 0 Å². The average Bonchev–Trinajstić information content (AvgIpc) is 3.46. The van der Waals surface area contributed by atoms with Gasteiger partial charge in [-0.2, -0.15) is 0 Å². The highest BCUT2D eigenvalue weighted by Gasteiger charge is 2.22. The van der Waals surface area contributed by atoms with E-state index in [1.165, 1.54) is 33.0 Å². The van der Waals surface area contributed by atoms with Gasteiger partial charge in [0, 0.05) is 39.0 Å². The van der Waals surface area contributed by atoms with E-state index in [9.17, 15) is 0 Å². The van der Waals surface area contributed by atoms with Crippen LogP contribution in [0.2, 0.25) is 0 Å². The number of hydrogen-bond acceptors (Lipinski definition) is 3. The Morgan fingerprint density at radius 1 is 0.370 bits per heavy atom. The standard InChI is InChI=1S/C43H25N3/c1-4-14-38-29(7-1)24-31(25-44-38)28-8-5-9-30(23-28)39-21-17-26-15-16-27-18-22-40(46-43(27)42(26)45-39)34-19-20-37-33-11-3-2-10-32(33)35-12-6-13-36(34)41(35)37/h1-25H. The normalized spacial score (nSPS) is 11.9. The van der Waals surface area contributed by atoms with Crippen molar-refractivity contribution >= 4 is 43.5 Å². The van der Waals surface area contributed by atoms with Crippen molar-refractivity contribution in [3.63, 3.8) is 0 Å². The smallest absolute Gasteiger partial charge is 0.0972 e. The lowest BCUT2D eigenvalue weighted by Crippen LogP contribution is -1.92. The number of rotatable bonds is 3. The number of para-hydroxylation sites is 1.